The van der Waals surface area contributed by atoms with Crippen LogP contribution in [0.15, 0.2) is 18.2 Å². The zero-order chi connectivity index (χ0) is 24.1. The molecule has 0 spiro atoms. The van der Waals surface area contributed by atoms with Crippen LogP contribution in [0.2, 0.25) is 5.02 Å². The van der Waals surface area contributed by atoms with E-state index in [1.54, 1.807) is 27.7 Å². The van der Waals surface area contributed by atoms with E-state index in [1.165, 1.54) is 0 Å². The van der Waals surface area contributed by atoms with Gasteiger partial charge in [0.1, 0.15) is 23.0 Å². The maximum atomic E-state index is 13.1. The van der Waals surface area contributed by atoms with Crippen LogP contribution in [0.1, 0.15) is 66.1 Å². The Labute approximate surface area is 201 Å². The predicted molar refractivity (Wildman–Crippen MR) is 125 cm³/mol. The maximum absolute atomic E-state index is 13.1. The maximum Gasteiger partial charge on any atom is 0.408 e. The molecule has 182 valence electrons. The normalized spacial score (nSPS) is 29.0. The molecule has 0 bridgehead atoms. The van der Waals surface area contributed by atoms with Gasteiger partial charge in [-0.1, -0.05) is 11.6 Å². The number of alkyl carbamates (subject to hydrolysis) is 1. The molecule has 0 aromatic heterocycles. The average molecular weight is 479 g/mol. The van der Waals surface area contributed by atoms with Gasteiger partial charge in [-0.05, 0) is 72.6 Å². The molecule has 2 amide bonds. The highest BCUT2D eigenvalue weighted by Gasteiger charge is 2.51. The van der Waals surface area contributed by atoms with E-state index in [1.807, 2.05) is 23.1 Å². The smallest absolute Gasteiger partial charge is 0.408 e. The molecule has 33 heavy (non-hydrogen) atoms. The average Bonchev–Trinajstić information content (AvgIpc) is 2.71. The fourth-order valence-electron chi connectivity index (χ4n) is 5.30. The molecule has 3 aliphatic heterocycles. The van der Waals surface area contributed by atoms with Crippen LogP contribution in [-0.2, 0) is 14.3 Å². The first-order valence-corrected chi connectivity index (χ1v) is 12.1. The minimum Gasteiger partial charge on any atom is -0.487 e. The van der Waals surface area contributed by atoms with Crippen LogP contribution in [0.4, 0.5) is 4.79 Å². The van der Waals surface area contributed by atoms with Crippen LogP contribution in [0, 0.1) is 11.8 Å². The monoisotopic (exact) mass is 478 g/mol. The largest absolute Gasteiger partial charge is 0.487 e. The van der Waals surface area contributed by atoms with Crippen molar-refractivity contribution in [3.8, 4) is 5.75 Å². The molecule has 2 fully saturated rings. The van der Waals surface area contributed by atoms with Gasteiger partial charge in [-0.2, -0.15) is 0 Å². The van der Waals surface area contributed by atoms with E-state index in [9.17, 15) is 9.59 Å². The zero-order valence-corrected chi connectivity index (χ0v) is 21.1. The van der Waals surface area contributed by atoms with Crippen LogP contribution in [0.25, 0.3) is 0 Å². The van der Waals surface area contributed by atoms with Gasteiger partial charge in [0.25, 0.3) is 0 Å². The number of fused-ring (bicyclic) bond motifs is 4. The van der Waals surface area contributed by atoms with Gasteiger partial charge in [0.05, 0.1) is 12.2 Å². The lowest BCUT2D eigenvalue weighted by atomic mass is 9.70. The van der Waals surface area contributed by atoms with Gasteiger partial charge in [-0.15, -0.1) is 0 Å². The van der Waals surface area contributed by atoms with E-state index in [0.29, 0.717) is 18.1 Å². The number of likely N-dealkylation sites (tertiary alicyclic amines) is 1. The minimum absolute atomic E-state index is 0.0706. The SMILES string of the molecule is C[C@@H](NC(=O)OC(C)(C)C)C(=O)N1CC[C@@H]2O[C@@H]3c4cc(Cl)ccc4OC(C)(C)[C@H]3C[C@@H]2C1. The molecular weight excluding hydrogens is 444 g/mol. The number of piperidine rings is 1. The number of hydrogen-bond acceptors (Lipinski definition) is 5. The second kappa shape index (κ2) is 8.66. The molecule has 3 aliphatic rings. The molecule has 2 saturated heterocycles. The molecule has 1 N–H and O–H groups in total. The van der Waals surface area contributed by atoms with Gasteiger partial charge in [-0.3, -0.25) is 4.79 Å². The van der Waals surface area contributed by atoms with Crippen molar-refractivity contribution in [2.24, 2.45) is 11.8 Å². The van der Waals surface area contributed by atoms with Crippen LogP contribution in [0.3, 0.4) is 0 Å². The Kier molecular flexibility index (Phi) is 6.33. The summed E-state index contributed by atoms with van der Waals surface area (Å²) < 4.78 is 18.3. The van der Waals surface area contributed by atoms with Gasteiger partial charge in [0, 0.05) is 35.5 Å². The quantitative estimate of drug-likeness (QED) is 0.665. The molecule has 1 aromatic rings. The zero-order valence-electron chi connectivity index (χ0n) is 20.3. The number of benzene rings is 1. The number of nitrogens with zero attached hydrogens (tertiary/aromatic N) is 1. The van der Waals surface area contributed by atoms with Crippen LogP contribution in [0.5, 0.6) is 5.75 Å². The summed E-state index contributed by atoms with van der Waals surface area (Å²) in [4.78, 5) is 27.0. The lowest BCUT2D eigenvalue weighted by Crippen LogP contribution is -2.58. The Morgan fingerprint density at radius 1 is 1.30 bits per heavy atom. The van der Waals surface area contributed by atoms with E-state index in [2.05, 4.69) is 19.2 Å². The minimum atomic E-state index is -0.655. The lowest BCUT2D eigenvalue weighted by molar-refractivity contribution is -0.189. The number of ether oxygens (including phenoxy) is 3. The number of carbonyl (C=O) groups excluding carboxylic acids is 2. The van der Waals surface area contributed by atoms with Crippen molar-refractivity contribution in [3.05, 3.63) is 28.8 Å². The third kappa shape index (κ3) is 5.09. The van der Waals surface area contributed by atoms with Gasteiger partial charge >= 0.3 is 6.09 Å². The summed E-state index contributed by atoms with van der Waals surface area (Å²) in [5.41, 5.74) is 0.00619. The third-order valence-electron chi connectivity index (χ3n) is 6.87. The lowest BCUT2D eigenvalue weighted by Gasteiger charge is -2.53. The predicted octanol–water partition coefficient (Wildman–Crippen LogP) is 4.72. The van der Waals surface area contributed by atoms with Crippen molar-refractivity contribution in [1.82, 2.24) is 10.2 Å². The van der Waals surface area contributed by atoms with Crippen molar-refractivity contribution in [1.29, 1.82) is 0 Å². The van der Waals surface area contributed by atoms with E-state index in [4.69, 9.17) is 25.8 Å². The molecular formula is C25H35ClN2O5. The molecule has 1 aromatic carbocycles. The molecule has 8 heteroatoms. The number of nitrogens with one attached hydrogen (secondary N) is 1. The van der Waals surface area contributed by atoms with Crippen molar-refractivity contribution in [3.63, 3.8) is 0 Å². The number of amides is 2. The molecule has 0 unspecified atom stereocenters. The summed E-state index contributed by atoms with van der Waals surface area (Å²) in [7, 11) is 0. The summed E-state index contributed by atoms with van der Waals surface area (Å²) in [6, 6.07) is 5.06. The Balaban J connectivity index is 1.44. The summed E-state index contributed by atoms with van der Waals surface area (Å²) >= 11 is 6.28. The van der Waals surface area contributed by atoms with Crippen LogP contribution < -0.4 is 10.1 Å². The van der Waals surface area contributed by atoms with E-state index >= 15 is 0 Å². The first kappa shape index (κ1) is 24.1. The number of carbonyl (C=O) groups is 2. The second-order valence-corrected chi connectivity index (χ2v) is 11.5. The van der Waals surface area contributed by atoms with Crippen LogP contribution in [-0.4, -0.2) is 53.3 Å². The van der Waals surface area contributed by atoms with Crippen LogP contribution >= 0.6 is 11.6 Å². The Morgan fingerprint density at radius 3 is 2.73 bits per heavy atom. The van der Waals surface area contributed by atoms with E-state index in [0.717, 1.165) is 24.2 Å². The standard InChI is InChI=1S/C25H35ClN2O5/c1-14(27-23(30)33-24(2,3)4)22(29)28-10-9-19-15(13-28)11-18-21(31-19)17-12-16(26)7-8-20(17)32-25(18,5)6/h7-8,12,14-15,18-19,21H,9-11,13H2,1-6H3,(H,27,30)/t14-,15-,18+,19+,21-/m1/s1. The summed E-state index contributed by atoms with van der Waals surface area (Å²) in [5, 5.41) is 3.34. The van der Waals surface area contributed by atoms with Gasteiger partial charge < -0.3 is 24.4 Å². The fraction of sp³-hybridized carbons (Fsp3) is 0.680. The molecule has 5 atom stereocenters. The molecule has 0 saturated carbocycles. The van der Waals surface area contributed by atoms with E-state index < -0.39 is 23.3 Å². The highest BCUT2D eigenvalue weighted by molar-refractivity contribution is 6.30. The van der Waals surface area contributed by atoms with Crippen molar-refractivity contribution < 1.29 is 23.8 Å². The number of hydrogen-bond donors (Lipinski definition) is 1. The second-order valence-electron chi connectivity index (χ2n) is 11.0. The number of halogens is 1. The Bertz CT molecular complexity index is 928. The molecule has 7 nitrogen and oxygen atoms in total. The topological polar surface area (TPSA) is 77.1 Å². The summed E-state index contributed by atoms with van der Waals surface area (Å²) in [6.45, 7) is 12.5. The first-order chi connectivity index (χ1) is 15.3. The Hall–Kier alpha value is -1.99. The van der Waals surface area contributed by atoms with Crippen molar-refractivity contribution in [2.75, 3.05) is 13.1 Å². The highest BCUT2D eigenvalue weighted by atomic mass is 35.5. The van der Waals surface area contributed by atoms with Gasteiger partial charge in [0.2, 0.25) is 5.91 Å². The molecule has 0 radical (unpaired) electrons. The Morgan fingerprint density at radius 2 is 2.03 bits per heavy atom. The van der Waals surface area contributed by atoms with Gasteiger partial charge in [0.15, 0.2) is 0 Å². The van der Waals surface area contributed by atoms with E-state index in [-0.39, 0.29) is 30.0 Å². The molecule has 4 rings (SSSR count). The van der Waals surface area contributed by atoms with Gasteiger partial charge in [-0.25, -0.2) is 4.79 Å². The van der Waals surface area contributed by atoms with Crippen molar-refractivity contribution >= 4 is 23.6 Å². The molecule has 3 heterocycles. The first-order valence-electron chi connectivity index (χ1n) is 11.8. The fourth-order valence-corrected chi connectivity index (χ4v) is 5.48. The number of rotatable bonds is 2. The molecule has 0 aliphatic carbocycles. The summed E-state index contributed by atoms with van der Waals surface area (Å²) in [6.07, 6.45) is 1.08. The highest BCUT2D eigenvalue weighted by Crippen LogP contribution is 2.53. The summed E-state index contributed by atoms with van der Waals surface area (Å²) in [5.74, 6) is 1.09. The van der Waals surface area contributed by atoms with Crippen molar-refractivity contribution in [2.45, 2.75) is 83.8 Å². The third-order valence-corrected chi connectivity index (χ3v) is 7.10.